The highest BCUT2D eigenvalue weighted by molar-refractivity contribution is 5.94. The van der Waals surface area contributed by atoms with Gasteiger partial charge in [0.05, 0.1) is 22.8 Å². The Morgan fingerprint density at radius 1 is 1.17 bits per heavy atom. The number of nitrogens with zero attached hydrogens (tertiary/aromatic N) is 1. The third kappa shape index (κ3) is 3.06. The topological polar surface area (TPSA) is 95.1 Å². The van der Waals surface area contributed by atoms with Crippen LogP contribution in [0.4, 0.5) is 5.69 Å². The number of aromatic nitrogens is 2. The smallest absolute Gasteiger partial charge is 0.337 e. The van der Waals surface area contributed by atoms with Crippen molar-refractivity contribution in [2.75, 3.05) is 11.9 Å². The molecule has 23 heavy (non-hydrogen) atoms. The Morgan fingerprint density at radius 3 is 2.83 bits per heavy atom. The summed E-state index contributed by atoms with van der Waals surface area (Å²) in [6.45, 7) is 0.540. The Hall–Kier alpha value is -3.15. The van der Waals surface area contributed by atoms with Crippen molar-refractivity contribution < 1.29 is 9.90 Å². The number of carboxylic acid groups (broad SMARTS) is 1. The molecule has 116 valence electrons. The molecule has 6 heteroatoms. The van der Waals surface area contributed by atoms with Crippen molar-refractivity contribution >= 4 is 22.6 Å². The van der Waals surface area contributed by atoms with Gasteiger partial charge in [-0.15, -0.1) is 0 Å². The van der Waals surface area contributed by atoms with Gasteiger partial charge in [-0.3, -0.25) is 4.79 Å². The fourth-order valence-corrected chi connectivity index (χ4v) is 2.52. The van der Waals surface area contributed by atoms with Gasteiger partial charge in [-0.2, -0.15) is 0 Å². The lowest BCUT2D eigenvalue weighted by Crippen LogP contribution is -2.11. The molecule has 0 saturated carbocycles. The molecule has 0 atom stereocenters. The monoisotopic (exact) mass is 309 g/mol. The quantitative estimate of drug-likeness (QED) is 0.672. The van der Waals surface area contributed by atoms with Crippen LogP contribution in [0.5, 0.6) is 0 Å². The van der Waals surface area contributed by atoms with E-state index >= 15 is 0 Å². The van der Waals surface area contributed by atoms with Crippen LogP contribution < -0.4 is 10.9 Å². The van der Waals surface area contributed by atoms with E-state index < -0.39 is 5.97 Å². The number of benzene rings is 2. The summed E-state index contributed by atoms with van der Waals surface area (Å²) < 4.78 is 0. The molecule has 0 aliphatic carbocycles. The summed E-state index contributed by atoms with van der Waals surface area (Å²) in [7, 11) is 0. The van der Waals surface area contributed by atoms with Gasteiger partial charge in [-0.05, 0) is 30.2 Å². The largest absolute Gasteiger partial charge is 0.478 e. The molecular formula is C17H15N3O3. The number of anilines is 1. The van der Waals surface area contributed by atoms with Gasteiger partial charge in [0.25, 0.3) is 5.56 Å². The standard InChI is InChI=1S/C17H15N3O3/c21-16-13-6-3-4-11(15(13)19-10-20-16)8-9-18-14-7-2-1-5-12(14)17(22)23/h1-7,10,18H,8-9H2,(H,22,23)(H,19,20,21). The zero-order valence-corrected chi connectivity index (χ0v) is 12.2. The molecule has 0 aliphatic heterocycles. The SMILES string of the molecule is O=C(O)c1ccccc1NCCc1cccc2c(=O)[nH]cnc12. The van der Waals surface area contributed by atoms with E-state index in [0.29, 0.717) is 29.6 Å². The van der Waals surface area contributed by atoms with E-state index in [9.17, 15) is 9.59 Å². The van der Waals surface area contributed by atoms with E-state index in [1.165, 1.54) is 6.33 Å². The Morgan fingerprint density at radius 2 is 2.00 bits per heavy atom. The highest BCUT2D eigenvalue weighted by Crippen LogP contribution is 2.16. The molecule has 6 nitrogen and oxygen atoms in total. The first-order valence-corrected chi connectivity index (χ1v) is 7.18. The summed E-state index contributed by atoms with van der Waals surface area (Å²) in [4.78, 5) is 29.7. The lowest BCUT2D eigenvalue weighted by atomic mass is 10.1. The van der Waals surface area contributed by atoms with Crippen LogP contribution in [0.3, 0.4) is 0 Å². The van der Waals surface area contributed by atoms with Gasteiger partial charge in [0.1, 0.15) is 0 Å². The van der Waals surface area contributed by atoms with Crippen molar-refractivity contribution in [1.29, 1.82) is 0 Å². The van der Waals surface area contributed by atoms with E-state index in [4.69, 9.17) is 5.11 Å². The maximum atomic E-state index is 11.8. The Labute approximate surface area is 131 Å². The molecule has 0 fully saturated rings. The van der Waals surface area contributed by atoms with Crippen LogP contribution in [-0.2, 0) is 6.42 Å². The molecule has 1 aromatic heterocycles. The highest BCUT2D eigenvalue weighted by atomic mass is 16.4. The maximum absolute atomic E-state index is 11.8. The van der Waals surface area contributed by atoms with Crippen LogP contribution in [0.15, 0.2) is 53.6 Å². The lowest BCUT2D eigenvalue weighted by Gasteiger charge is -2.10. The number of hydrogen-bond donors (Lipinski definition) is 3. The lowest BCUT2D eigenvalue weighted by molar-refractivity contribution is 0.0698. The van der Waals surface area contributed by atoms with E-state index in [2.05, 4.69) is 15.3 Å². The van der Waals surface area contributed by atoms with Crippen LogP contribution in [0.1, 0.15) is 15.9 Å². The minimum Gasteiger partial charge on any atom is -0.478 e. The normalized spacial score (nSPS) is 10.6. The number of hydrogen-bond acceptors (Lipinski definition) is 4. The summed E-state index contributed by atoms with van der Waals surface area (Å²) in [5.74, 6) is -0.966. The first-order valence-electron chi connectivity index (χ1n) is 7.18. The number of carbonyl (C=O) groups is 1. The summed E-state index contributed by atoms with van der Waals surface area (Å²) in [6.07, 6.45) is 2.02. The van der Waals surface area contributed by atoms with Gasteiger partial charge in [0, 0.05) is 12.2 Å². The molecular weight excluding hydrogens is 294 g/mol. The van der Waals surface area contributed by atoms with Crippen molar-refractivity contribution in [2.45, 2.75) is 6.42 Å². The van der Waals surface area contributed by atoms with E-state index in [1.54, 1.807) is 30.3 Å². The van der Waals surface area contributed by atoms with Crippen molar-refractivity contribution in [3.63, 3.8) is 0 Å². The molecule has 0 spiro atoms. The van der Waals surface area contributed by atoms with Crippen molar-refractivity contribution in [3.05, 3.63) is 70.3 Å². The molecule has 3 N–H and O–H groups in total. The summed E-state index contributed by atoms with van der Waals surface area (Å²) in [6, 6.07) is 12.2. The zero-order chi connectivity index (χ0) is 16.2. The molecule has 1 heterocycles. The molecule has 0 bridgehead atoms. The average molecular weight is 309 g/mol. The van der Waals surface area contributed by atoms with Crippen molar-refractivity contribution in [3.8, 4) is 0 Å². The molecule has 3 rings (SSSR count). The minimum absolute atomic E-state index is 0.166. The van der Waals surface area contributed by atoms with Crippen LogP contribution in [-0.4, -0.2) is 27.6 Å². The van der Waals surface area contributed by atoms with Gasteiger partial charge < -0.3 is 15.4 Å². The molecule has 0 radical (unpaired) electrons. The van der Waals surface area contributed by atoms with Crippen LogP contribution in [0.2, 0.25) is 0 Å². The van der Waals surface area contributed by atoms with Crippen molar-refractivity contribution in [2.24, 2.45) is 0 Å². The number of H-pyrrole nitrogens is 1. The second-order valence-corrected chi connectivity index (χ2v) is 5.07. The second kappa shape index (κ2) is 6.31. The second-order valence-electron chi connectivity index (χ2n) is 5.07. The molecule has 3 aromatic rings. The number of carboxylic acids is 1. The number of para-hydroxylation sites is 2. The molecule has 2 aromatic carbocycles. The third-order valence-electron chi connectivity index (χ3n) is 3.62. The number of aromatic carboxylic acids is 1. The van der Waals surface area contributed by atoms with Gasteiger partial charge >= 0.3 is 5.97 Å². The fourth-order valence-electron chi connectivity index (χ4n) is 2.52. The summed E-state index contributed by atoms with van der Waals surface area (Å²) >= 11 is 0. The maximum Gasteiger partial charge on any atom is 0.337 e. The van der Waals surface area contributed by atoms with E-state index in [1.807, 2.05) is 12.1 Å². The van der Waals surface area contributed by atoms with Crippen LogP contribution in [0, 0.1) is 0 Å². The number of aromatic amines is 1. The minimum atomic E-state index is -0.966. The van der Waals surface area contributed by atoms with Gasteiger partial charge in [0.2, 0.25) is 0 Å². The van der Waals surface area contributed by atoms with Crippen LogP contribution >= 0.6 is 0 Å². The van der Waals surface area contributed by atoms with Gasteiger partial charge in [0.15, 0.2) is 0 Å². The fraction of sp³-hybridized carbons (Fsp3) is 0.118. The first kappa shape index (κ1) is 14.8. The predicted octanol–water partition coefficient (Wildman–Crippen LogP) is 2.28. The number of fused-ring (bicyclic) bond motifs is 1. The first-order chi connectivity index (χ1) is 11.2. The Balaban J connectivity index is 1.79. The summed E-state index contributed by atoms with van der Waals surface area (Å²) in [5.41, 5.74) is 2.26. The van der Waals surface area contributed by atoms with Gasteiger partial charge in [-0.1, -0.05) is 24.3 Å². The molecule has 0 amide bonds. The number of nitrogens with one attached hydrogen (secondary N) is 2. The highest BCUT2D eigenvalue weighted by Gasteiger charge is 2.09. The number of rotatable bonds is 5. The molecule has 0 unspecified atom stereocenters. The van der Waals surface area contributed by atoms with Crippen molar-refractivity contribution in [1.82, 2.24) is 9.97 Å². The molecule has 0 saturated heterocycles. The summed E-state index contributed by atoms with van der Waals surface area (Å²) in [5, 5.41) is 12.8. The van der Waals surface area contributed by atoms with Gasteiger partial charge in [-0.25, -0.2) is 9.78 Å². The Kier molecular flexibility index (Phi) is 4.05. The van der Waals surface area contributed by atoms with E-state index in [-0.39, 0.29) is 11.1 Å². The van der Waals surface area contributed by atoms with E-state index in [0.717, 1.165) is 5.56 Å². The molecule has 0 aliphatic rings. The predicted molar refractivity (Wildman–Crippen MR) is 88.0 cm³/mol. The Bertz CT molecular complexity index is 918. The zero-order valence-electron chi connectivity index (χ0n) is 12.2. The average Bonchev–Trinajstić information content (AvgIpc) is 2.56. The van der Waals surface area contributed by atoms with Crippen LogP contribution in [0.25, 0.3) is 10.9 Å². The third-order valence-corrected chi connectivity index (χ3v) is 3.62.